The van der Waals surface area contributed by atoms with Crippen LogP contribution in [0.3, 0.4) is 0 Å². The Labute approximate surface area is 124 Å². The number of nitrogens with one attached hydrogen (secondary N) is 1. The molecule has 122 valence electrons. The highest BCUT2D eigenvalue weighted by atomic mass is 32.2. The van der Waals surface area contributed by atoms with E-state index in [-0.39, 0.29) is 25.7 Å². The Kier molecular flexibility index (Phi) is 6.11. The lowest BCUT2D eigenvalue weighted by molar-refractivity contribution is -0.159. The lowest BCUT2D eigenvalue weighted by Crippen LogP contribution is -2.58. The third-order valence-corrected chi connectivity index (χ3v) is 3.77. The predicted molar refractivity (Wildman–Crippen MR) is 75.2 cm³/mol. The third kappa shape index (κ3) is 5.60. The van der Waals surface area contributed by atoms with Crippen LogP contribution in [-0.2, 0) is 24.3 Å². The van der Waals surface area contributed by atoms with Crippen LogP contribution >= 0.6 is 0 Å². The number of carbonyl (C=O) groups is 2. The van der Waals surface area contributed by atoms with E-state index in [1.165, 1.54) is 4.90 Å². The molecule has 1 heterocycles. The van der Waals surface area contributed by atoms with Gasteiger partial charge in [0.2, 0.25) is 15.9 Å². The van der Waals surface area contributed by atoms with Crippen LogP contribution in [0, 0.1) is 5.92 Å². The van der Waals surface area contributed by atoms with Gasteiger partial charge in [0, 0.05) is 6.54 Å². The van der Waals surface area contributed by atoms with Crippen LogP contribution in [0.1, 0.15) is 20.3 Å². The second-order valence-corrected chi connectivity index (χ2v) is 7.31. The van der Waals surface area contributed by atoms with Gasteiger partial charge in [-0.25, -0.2) is 17.9 Å². The number of carboxylic acids is 1. The van der Waals surface area contributed by atoms with Crippen LogP contribution in [0.2, 0.25) is 0 Å². The van der Waals surface area contributed by atoms with Gasteiger partial charge in [-0.15, -0.1) is 0 Å². The van der Waals surface area contributed by atoms with Crippen molar-refractivity contribution in [1.29, 1.82) is 0 Å². The molecule has 0 aromatic heterocycles. The first kappa shape index (κ1) is 17.9. The number of hydrogen-bond donors (Lipinski definition) is 2. The van der Waals surface area contributed by atoms with Crippen molar-refractivity contribution in [3.05, 3.63) is 0 Å². The molecule has 1 saturated heterocycles. The molecule has 0 bridgehead atoms. The van der Waals surface area contributed by atoms with Crippen molar-refractivity contribution >= 4 is 21.9 Å². The number of rotatable bonds is 6. The molecule has 0 radical (unpaired) electrons. The number of amides is 1. The number of carboxylic acid groups (broad SMARTS) is 1. The molecule has 0 aromatic carbocycles. The van der Waals surface area contributed by atoms with Crippen molar-refractivity contribution in [1.82, 2.24) is 9.62 Å². The molecule has 1 rings (SSSR count). The van der Waals surface area contributed by atoms with Crippen molar-refractivity contribution in [2.75, 3.05) is 26.0 Å². The summed E-state index contributed by atoms with van der Waals surface area (Å²) in [7, 11) is -3.57. The van der Waals surface area contributed by atoms with Crippen LogP contribution in [0.15, 0.2) is 0 Å². The van der Waals surface area contributed by atoms with Crippen LogP contribution in [-0.4, -0.2) is 68.4 Å². The average molecular weight is 322 g/mol. The third-order valence-electron chi connectivity index (χ3n) is 3.06. The molecule has 8 nitrogen and oxygen atoms in total. The largest absolute Gasteiger partial charge is 0.480 e. The smallest absolute Gasteiger partial charge is 0.328 e. The summed E-state index contributed by atoms with van der Waals surface area (Å²) in [5, 5.41) is 9.14. The fraction of sp³-hybridized carbons (Fsp3) is 0.833. The Morgan fingerprint density at radius 1 is 1.43 bits per heavy atom. The van der Waals surface area contributed by atoms with Gasteiger partial charge in [0.1, 0.15) is 6.04 Å². The first-order valence-electron chi connectivity index (χ1n) is 6.70. The van der Waals surface area contributed by atoms with E-state index in [2.05, 4.69) is 4.72 Å². The van der Waals surface area contributed by atoms with Crippen molar-refractivity contribution < 1.29 is 27.9 Å². The van der Waals surface area contributed by atoms with E-state index in [0.29, 0.717) is 6.42 Å². The van der Waals surface area contributed by atoms with Gasteiger partial charge in [0.05, 0.1) is 19.5 Å². The molecular formula is C12H22N2O6S. The standard InChI is InChI=1S/C12H22N2O6S/c1-8(2)6-9(13-21(3,18)19)11(15)14-4-5-20-7-10(14)12(16)17/h8-10,13H,4-7H2,1-3H3,(H,16,17). The van der Waals surface area contributed by atoms with Crippen LogP contribution < -0.4 is 4.72 Å². The highest BCUT2D eigenvalue weighted by Gasteiger charge is 2.37. The number of hydrogen-bond acceptors (Lipinski definition) is 5. The SMILES string of the molecule is CC(C)CC(NS(C)(=O)=O)C(=O)N1CCOCC1C(=O)O. The van der Waals surface area contributed by atoms with E-state index in [1.54, 1.807) is 0 Å². The molecule has 0 saturated carbocycles. The highest BCUT2D eigenvalue weighted by molar-refractivity contribution is 7.88. The Morgan fingerprint density at radius 2 is 2.05 bits per heavy atom. The van der Waals surface area contributed by atoms with E-state index in [1.807, 2.05) is 13.8 Å². The van der Waals surface area contributed by atoms with E-state index in [4.69, 9.17) is 9.84 Å². The first-order valence-corrected chi connectivity index (χ1v) is 8.59. The molecule has 21 heavy (non-hydrogen) atoms. The van der Waals surface area contributed by atoms with Gasteiger partial charge in [-0.05, 0) is 12.3 Å². The van der Waals surface area contributed by atoms with Gasteiger partial charge in [-0.3, -0.25) is 4.79 Å². The molecule has 1 aliphatic rings. The molecule has 2 unspecified atom stereocenters. The molecule has 9 heteroatoms. The fourth-order valence-electron chi connectivity index (χ4n) is 2.20. The molecule has 0 spiro atoms. The molecule has 1 aliphatic heterocycles. The van der Waals surface area contributed by atoms with Crippen molar-refractivity contribution in [3.8, 4) is 0 Å². The predicted octanol–water partition coefficient (Wildman–Crippen LogP) is -0.738. The molecule has 2 N–H and O–H groups in total. The van der Waals surface area contributed by atoms with E-state index < -0.39 is 34.0 Å². The van der Waals surface area contributed by atoms with E-state index in [9.17, 15) is 18.0 Å². The second kappa shape index (κ2) is 7.19. The number of ether oxygens (including phenoxy) is 1. The quantitative estimate of drug-likeness (QED) is 0.666. The van der Waals surface area contributed by atoms with Crippen LogP contribution in [0.5, 0.6) is 0 Å². The van der Waals surface area contributed by atoms with Gasteiger partial charge < -0.3 is 14.7 Å². The zero-order valence-electron chi connectivity index (χ0n) is 12.4. The lowest BCUT2D eigenvalue weighted by Gasteiger charge is -2.35. The summed E-state index contributed by atoms with van der Waals surface area (Å²) in [4.78, 5) is 24.9. The number of sulfonamides is 1. The van der Waals surface area contributed by atoms with Crippen LogP contribution in [0.25, 0.3) is 0 Å². The number of nitrogens with zero attached hydrogens (tertiary/aromatic N) is 1. The molecular weight excluding hydrogens is 300 g/mol. The molecule has 1 fully saturated rings. The minimum absolute atomic E-state index is 0.0810. The van der Waals surface area contributed by atoms with Gasteiger partial charge in [-0.1, -0.05) is 13.8 Å². The zero-order chi connectivity index (χ0) is 16.2. The Bertz CT molecular complexity index is 490. The summed E-state index contributed by atoms with van der Waals surface area (Å²) in [5.74, 6) is -1.60. The van der Waals surface area contributed by atoms with Crippen molar-refractivity contribution in [2.24, 2.45) is 5.92 Å². The Morgan fingerprint density at radius 3 is 2.52 bits per heavy atom. The van der Waals surface area contributed by atoms with Crippen LogP contribution in [0.4, 0.5) is 0 Å². The first-order chi connectivity index (χ1) is 9.61. The number of carbonyl (C=O) groups excluding carboxylic acids is 1. The Hall–Kier alpha value is -1.19. The maximum atomic E-state index is 12.5. The minimum Gasteiger partial charge on any atom is -0.480 e. The monoisotopic (exact) mass is 322 g/mol. The summed E-state index contributed by atoms with van der Waals surface area (Å²) in [6.45, 7) is 4.00. The van der Waals surface area contributed by atoms with E-state index >= 15 is 0 Å². The Balaban J connectivity index is 2.94. The summed E-state index contributed by atoms with van der Waals surface area (Å²) in [6.07, 6.45) is 1.27. The normalized spacial score (nSPS) is 21.3. The maximum absolute atomic E-state index is 12.5. The minimum atomic E-state index is -3.57. The summed E-state index contributed by atoms with van der Waals surface area (Å²) >= 11 is 0. The van der Waals surface area contributed by atoms with Gasteiger partial charge in [0.25, 0.3) is 0 Å². The summed E-state index contributed by atoms with van der Waals surface area (Å²) in [6, 6.07) is -2.04. The second-order valence-electron chi connectivity index (χ2n) is 5.53. The van der Waals surface area contributed by atoms with Gasteiger partial charge >= 0.3 is 5.97 Å². The average Bonchev–Trinajstić information content (AvgIpc) is 2.34. The zero-order valence-corrected chi connectivity index (χ0v) is 13.2. The summed E-state index contributed by atoms with van der Waals surface area (Å²) < 4.78 is 30.2. The number of aliphatic carboxylic acids is 1. The summed E-state index contributed by atoms with van der Waals surface area (Å²) in [5.41, 5.74) is 0. The molecule has 0 aliphatic carbocycles. The molecule has 0 aromatic rings. The maximum Gasteiger partial charge on any atom is 0.328 e. The van der Waals surface area contributed by atoms with Gasteiger partial charge in [-0.2, -0.15) is 0 Å². The van der Waals surface area contributed by atoms with Crippen molar-refractivity contribution in [2.45, 2.75) is 32.4 Å². The number of morpholine rings is 1. The lowest BCUT2D eigenvalue weighted by atomic mass is 10.0. The molecule has 2 atom stereocenters. The van der Waals surface area contributed by atoms with Crippen molar-refractivity contribution in [3.63, 3.8) is 0 Å². The highest BCUT2D eigenvalue weighted by Crippen LogP contribution is 2.14. The molecule has 1 amide bonds. The fourth-order valence-corrected chi connectivity index (χ4v) is 2.92. The van der Waals surface area contributed by atoms with Gasteiger partial charge in [0.15, 0.2) is 6.04 Å². The topological polar surface area (TPSA) is 113 Å². The van der Waals surface area contributed by atoms with E-state index in [0.717, 1.165) is 6.26 Å².